The molecule has 1 atom stereocenters. The summed E-state index contributed by atoms with van der Waals surface area (Å²) in [6.07, 6.45) is 0. The SMILES string of the molecule is COc1ccc(C(NN)c2sccc2Cl)cc1Br. The molecule has 96 valence electrons. The van der Waals surface area contributed by atoms with E-state index in [2.05, 4.69) is 21.4 Å². The number of halogens is 2. The molecule has 0 radical (unpaired) electrons. The third kappa shape index (κ3) is 2.70. The Morgan fingerprint density at radius 1 is 1.44 bits per heavy atom. The number of hydrogen-bond donors (Lipinski definition) is 2. The van der Waals surface area contributed by atoms with Crippen LogP contribution in [0.4, 0.5) is 0 Å². The van der Waals surface area contributed by atoms with Gasteiger partial charge in [-0.1, -0.05) is 17.7 Å². The lowest BCUT2D eigenvalue weighted by molar-refractivity contribution is 0.412. The number of hydrogen-bond acceptors (Lipinski definition) is 4. The Kier molecular flexibility index (Phi) is 4.64. The molecule has 0 amide bonds. The molecule has 1 aromatic carbocycles. The topological polar surface area (TPSA) is 47.3 Å². The maximum atomic E-state index is 6.14. The van der Waals surface area contributed by atoms with Crippen molar-refractivity contribution in [3.8, 4) is 5.75 Å². The molecule has 0 aliphatic rings. The van der Waals surface area contributed by atoms with Gasteiger partial charge >= 0.3 is 0 Å². The van der Waals surface area contributed by atoms with Crippen LogP contribution < -0.4 is 16.0 Å². The van der Waals surface area contributed by atoms with E-state index in [1.165, 1.54) is 0 Å². The molecule has 1 unspecified atom stereocenters. The predicted molar refractivity (Wildman–Crippen MR) is 79.2 cm³/mol. The summed E-state index contributed by atoms with van der Waals surface area (Å²) in [5.74, 6) is 6.42. The zero-order valence-corrected chi connectivity index (χ0v) is 12.8. The van der Waals surface area contributed by atoms with E-state index in [1.807, 2.05) is 29.6 Å². The number of methoxy groups -OCH3 is 1. The second kappa shape index (κ2) is 6.04. The predicted octanol–water partition coefficient (Wildman–Crippen LogP) is 3.73. The van der Waals surface area contributed by atoms with Crippen molar-refractivity contribution in [1.82, 2.24) is 5.43 Å². The van der Waals surface area contributed by atoms with Crippen molar-refractivity contribution in [2.45, 2.75) is 6.04 Å². The van der Waals surface area contributed by atoms with Crippen molar-refractivity contribution in [3.63, 3.8) is 0 Å². The summed E-state index contributed by atoms with van der Waals surface area (Å²) in [5, 5.41) is 2.66. The van der Waals surface area contributed by atoms with Crippen LogP contribution in [-0.4, -0.2) is 7.11 Å². The van der Waals surface area contributed by atoms with Gasteiger partial charge in [-0.2, -0.15) is 0 Å². The van der Waals surface area contributed by atoms with E-state index in [-0.39, 0.29) is 6.04 Å². The lowest BCUT2D eigenvalue weighted by Crippen LogP contribution is -2.28. The molecule has 2 aromatic rings. The quantitative estimate of drug-likeness (QED) is 0.654. The van der Waals surface area contributed by atoms with Crippen LogP contribution in [-0.2, 0) is 0 Å². The summed E-state index contributed by atoms with van der Waals surface area (Å²) in [6, 6.07) is 7.57. The van der Waals surface area contributed by atoms with E-state index >= 15 is 0 Å². The Labute approximate surface area is 123 Å². The van der Waals surface area contributed by atoms with Gasteiger partial charge in [-0.3, -0.25) is 5.84 Å². The number of hydrazine groups is 1. The van der Waals surface area contributed by atoms with Crippen molar-refractivity contribution >= 4 is 38.9 Å². The smallest absolute Gasteiger partial charge is 0.133 e. The minimum Gasteiger partial charge on any atom is -0.496 e. The zero-order chi connectivity index (χ0) is 13.1. The molecule has 0 aliphatic heterocycles. The lowest BCUT2D eigenvalue weighted by Gasteiger charge is -2.16. The minimum absolute atomic E-state index is 0.125. The van der Waals surface area contributed by atoms with Gasteiger partial charge in [-0.25, -0.2) is 5.43 Å². The van der Waals surface area contributed by atoms with Gasteiger partial charge in [0.05, 0.1) is 22.6 Å². The summed E-state index contributed by atoms with van der Waals surface area (Å²) < 4.78 is 6.09. The summed E-state index contributed by atoms with van der Waals surface area (Å²) in [4.78, 5) is 0.997. The molecule has 2 rings (SSSR count). The normalized spacial score (nSPS) is 12.4. The molecular weight excluding hydrogens is 336 g/mol. The van der Waals surface area contributed by atoms with Crippen LogP contribution in [0.25, 0.3) is 0 Å². The molecule has 0 bridgehead atoms. The van der Waals surface area contributed by atoms with Crippen LogP contribution in [0.1, 0.15) is 16.5 Å². The molecule has 0 aliphatic carbocycles. The van der Waals surface area contributed by atoms with E-state index in [9.17, 15) is 0 Å². The van der Waals surface area contributed by atoms with Crippen molar-refractivity contribution in [1.29, 1.82) is 0 Å². The van der Waals surface area contributed by atoms with E-state index in [0.29, 0.717) is 0 Å². The van der Waals surface area contributed by atoms with Crippen molar-refractivity contribution < 1.29 is 4.74 Å². The molecule has 3 nitrogen and oxygen atoms in total. The Morgan fingerprint density at radius 3 is 2.72 bits per heavy atom. The van der Waals surface area contributed by atoms with E-state index in [0.717, 1.165) is 25.7 Å². The molecule has 18 heavy (non-hydrogen) atoms. The maximum absolute atomic E-state index is 6.14. The summed E-state index contributed by atoms with van der Waals surface area (Å²) in [7, 11) is 1.63. The largest absolute Gasteiger partial charge is 0.496 e. The third-order valence-corrected chi connectivity index (χ3v) is 4.63. The van der Waals surface area contributed by atoms with Crippen LogP contribution >= 0.6 is 38.9 Å². The molecule has 1 heterocycles. The van der Waals surface area contributed by atoms with Gasteiger partial charge in [0, 0.05) is 4.88 Å². The average molecular weight is 348 g/mol. The van der Waals surface area contributed by atoms with Gasteiger partial charge in [0.15, 0.2) is 0 Å². The third-order valence-electron chi connectivity index (χ3n) is 2.58. The molecule has 1 aromatic heterocycles. The highest BCUT2D eigenvalue weighted by molar-refractivity contribution is 9.10. The first-order valence-corrected chi connectivity index (χ1v) is 7.25. The second-order valence-electron chi connectivity index (χ2n) is 3.63. The monoisotopic (exact) mass is 346 g/mol. The average Bonchev–Trinajstić information content (AvgIpc) is 2.77. The molecule has 3 N–H and O–H groups in total. The fourth-order valence-electron chi connectivity index (χ4n) is 1.70. The first-order chi connectivity index (χ1) is 8.67. The minimum atomic E-state index is -0.125. The Bertz CT molecular complexity index is 547. The van der Waals surface area contributed by atoms with Gasteiger partial charge in [-0.15, -0.1) is 11.3 Å². The van der Waals surface area contributed by atoms with Gasteiger partial charge in [-0.05, 0) is 45.1 Å². The molecule has 0 saturated carbocycles. The summed E-state index contributed by atoms with van der Waals surface area (Å²) in [5.41, 5.74) is 3.81. The number of nitrogens with two attached hydrogens (primary N) is 1. The molecule has 0 fully saturated rings. The van der Waals surface area contributed by atoms with Crippen molar-refractivity contribution in [2.75, 3.05) is 7.11 Å². The second-order valence-corrected chi connectivity index (χ2v) is 5.84. The first kappa shape index (κ1) is 13.8. The molecule has 6 heteroatoms. The number of thiophene rings is 1. The van der Waals surface area contributed by atoms with Crippen LogP contribution in [0.5, 0.6) is 5.75 Å². The van der Waals surface area contributed by atoms with E-state index in [1.54, 1.807) is 18.4 Å². The van der Waals surface area contributed by atoms with Crippen LogP contribution in [0.3, 0.4) is 0 Å². The first-order valence-electron chi connectivity index (χ1n) is 5.19. The fraction of sp³-hybridized carbons (Fsp3) is 0.167. The number of ether oxygens (including phenoxy) is 1. The highest BCUT2D eigenvalue weighted by Gasteiger charge is 2.18. The molecular formula is C12H12BrClN2OS. The number of nitrogens with one attached hydrogen (secondary N) is 1. The van der Waals surface area contributed by atoms with Crippen molar-refractivity contribution in [2.24, 2.45) is 5.84 Å². The number of benzene rings is 1. The van der Waals surface area contributed by atoms with Crippen LogP contribution in [0, 0.1) is 0 Å². The Hall–Kier alpha value is -0.590. The van der Waals surface area contributed by atoms with Gasteiger partial charge in [0.25, 0.3) is 0 Å². The van der Waals surface area contributed by atoms with Gasteiger partial charge in [0.2, 0.25) is 0 Å². The van der Waals surface area contributed by atoms with E-state index in [4.69, 9.17) is 22.2 Å². The lowest BCUT2D eigenvalue weighted by atomic mass is 10.1. The summed E-state index contributed by atoms with van der Waals surface area (Å²) in [6.45, 7) is 0. The fourth-order valence-corrected chi connectivity index (χ4v) is 3.51. The van der Waals surface area contributed by atoms with Crippen LogP contribution in [0.15, 0.2) is 34.1 Å². The van der Waals surface area contributed by atoms with Crippen LogP contribution in [0.2, 0.25) is 5.02 Å². The maximum Gasteiger partial charge on any atom is 0.133 e. The van der Waals surface area contributed by atoms with E-state index < -0.39 is 0 Å². The molecule has 0 spiro atoms. The zero-order valence-electron chi connectivity index (χ0n) is 9.61. The summed E-state index contributed by atoms with van der Waals surface area (Å²) >= 11 is 11.2. The van der Waals surface area contributed by atoms with Gasteiger partial charge in [0.1, 0.15) is 5.75 Å². The highest BCUT2D eigenvalue weighted by atomic mass is 79.9. The van der Waals surface area contributed by atoms with Gasteiger partial charge < -0.3 is 4.74 Å². The van der Waals surface area contributed by atoms with Crippen molar-refractivity contribution in [3.05, 3.63) is 49.6 Å². The number of rotatable bonds is 4. The standard InChI is InChI=1S/C12H12BrClN2OS/c1-17-10-3-2-7(6-8(10)13)11(16-15)12-9(14)4-5-18-12/h2-6,11,16H,15H2,1H3. The highest BCUT2D eigenvalue weighted by Crippen LogP contribution is 2.35. The Balaban J connectivity index is 2.40. The Morgan fingerprint density at radius 2 is 2.22 bits per heavy atom. The molecule has 0 saturated heterocycles.